The number of aromatic nitrogens is 1. The zero-order valence-corrected chi connectivity index (χ0v) is 23.0. The van der Waals surface area contributed by atoms with Gasteiger partial charge in [-0.15, -0.1) is 0 Å². The van der Waals surface area contributed by atoms with Crippen molar-refractivity contribution in [3.05, 3.63) is 95.8 Å². The van der Waals surface area contributed by atoms with Gasteiger partial charge in [0, 0.05) is 30.9 Å². The highest BCUT2D eigenvalue weighted by molar-refractivity contribution is 7.89. The maximum Gasteiger partial charge on any atom is 0.240 e. The number of pyridine rings is 1. The van der Waals surface area contributed by atoms with Crippen LogP contribution < -0.4 is 10.0 Å². The molecule has 1 heterocycles. The molecule has 1 aliphatic rings. The van der Waals surface area contributed by atoms with E-state index < -0.39 is 10.0 Å². The van der Waals surface area contributed by atoms with Gasteiger partial charge in [0.15, 0.2) is 0 Å². The molecule has 3 atom stereocenters. The van der Waals surface area contributed by atoms with E-state index in [1.807, 2.05) is 31.3 Å². The number of unbranched alkanes of at least 4 members (excludes halogenated alkanes) is 1. The van der Waals surface area contributed by atoms with E-state index in [0.717, 1.165) is 31.2 Å². The molecule has 0 bridgehead atoms. The molecule has 0 radical (unpaired) electrons. The first kappa shape index (κ1) is 28.0. The van der Waals surface area contributed by atoms with E-state index in [9.17, 15) is 13.2 Å². The van der Waals surface area contributed by atoms with Gasteiger partial charge >= 0.3 is 0 Å². The van der Waals surface area contributed by atoms with Crippen LogP contribution in [0.15, 0.2) is 84.0 Å². The number of aryl methyl sites for hydroxylation is 1. The SMILES string of the molecule is CN(C)[C@@H](CCCCNS(=O)(=O)c1ccccc1)C(=O)N[C@@H]1CCc2ccccc2[C@@H]1Cc1cccnc1. The number of carbonyl (C=O) groups excluding carboxylic acids is 1. The summed E-state index contributed by atoms with van der Waals surface area (Å²) in [6.45, 7) is 0.339. The van der Waals surface area contributed by atoms with E-state index in [2.05, 4.69) is 45.4 Å². The maximum atomic E-state index is 13.5. The van der Waals surface area contributed by atoms with Gasteiger partial charge < -0.3 is 5.32 Å². The largest absolute Gasteiger partial charge is 0.351 e. The number of nitrogens with zero attached hydrogens (tertiary/aromatic N) is 2. The van der Waals surface area contributed by atoms with Crippen molar-refractivity contribution in [2.75, 3.05) is 20.6 Å². The third kappa shape index (κ3) is 7.28. The van der Waals surface area contributed by atoms with Gasteiger partial charge in [0.05, 0.1) is 10.9 Å². The summed E-state index contributed by atoms with van der Waals surface area (Å²) in [5, 5.41) is 3.39. The highest BCUT2D eigenvalue weighted by Gasteiger charge is 2.32. The van der Waals surface area contributed by atoms with E-state index >= 15 is 0 Å². The number of hydrogen-bond donors (Lipinski definition) is 2. The van der Waals surface area contributed by atoms with Gasteiger partial charge in [0.2, 0.25) is 15.9 Å². The predicted octanol–water partition coefficient (Wildman–Crippen LogP) is 3.92. The minimum atomic E-state index is -3.51. The van der Waals surface area contributed by atoms with Crippen LogP contribution in [0.4, 0.5) is 0 Å². The fourth-order valence-electron chi connectivity index (χ4n) is 5.31. The Balaban J connectivity index is 1.35. The van der Waals surface area contributed by atoms with Gasteiger partial charge in [-0.1, -0.05) is 55.0 Å². The summed E-state index contributed by atoms with van der Waals surface area (Å²) in [6, 6.07) is 20.7. The fourth-order valence-corrected chi connectivity index (χ4v) is 6.40. The van der Waals surface area contributed by atoms with Crippen LogP contribution in [-0.4, -0.2) is 56.9 Å². The summed E-state index contributed by atoms with van der Waals surface area (Å²) in [5.74, 6) is 0.212. The summed E-state index contributed by atoms with van der Waals surface area (Å²) in [6.07, 6.45) is 8.40. The maximum absolute atomic E-state index is 13.5. The van der Waals surface area contributed by atoms with Gasteiger partial charge in [-0.25, -0.2) is 13.1 Å². The smallest absolute Gasteiger partial charge is 0.240 e. The second-order valence-corrected chi connectivity index (χ2v) is 12.0. The number of amides is 1. The standard InChI is InChI=1S/C30H38N4O3S/c1-34(2)29(16-8-9-20-32-38(36,37)25-13-4-3-5-14-25)30(35)33-28-18-17-24-12-6-7-15-26(24)27(28)21-23-11-10-19-31-22-23/h3-7,10-15,19,22,27-29,32H,8-9,16-18,20-21H2,1-2H3,(H,33,35)/t27-,28+,29-/m0/s1. The number of fused-ring (bicyclic) bond motifs is 1. The summed E-state index contributed by atoms with van der Waals surface area (Å²) < 4.78 is 27.5. The van der Waals surface area contributed by atoms with E-state index in [1.54, 1.807) is 36.5 Å². The van der Waals surface area contributed by atoms with E-state index in [-0.39, 0.29) is 28.8 Å². The molecule has 38 heavy (non-hydrogen) atoms. The van der Waals surface area contributed by atoms with Gasteiger partial charge in [0.1, 0.15) is 0 Å². The molecule has 2 aromatic carbocycles. The van der Waals surface area contributed by atoms with Crippen LogP contribution in [0.5, 0.6) is 0 Å². The zero-order valence-electron chi connectivity index (χ0n) is 22.2. The lowest BCUT2D eigenvalue weighted by atomic mass is 9.76. The van der Waals surface area contributed by atoms with Crippen LogP contribution >= 0.6 is 0 Å². The highest BCUT2D eigenvalue weighted by Crippen LogP contribution is 2.34. The number of likely N-dealkylation sites (N-methyl/N-ethyl adjacent to an activating group) is 1. The zero-order chi connectivity index (χ0) is 27.0. The number of hydrogen-bond acceptors (Lipinski definition) is 5. The highest BCUT2D eigenvalue weighted by atomic mass is 32.2. The molecule has 3 aromatic rings. The molecule has 7 nitrogen and oxygen atoms in total. The Bertz CT molecular complexity index is 1280. The molecule has 0 fully saturated rings. The summed E-state index contributed by atoms with van der Waals surface area (Å²) in [5.41, 5.74) is 3.82. The van der Waals surface area contributed by atoms with Crippen molar-refractivity contribution in [2.45, 2.75) is 61.4 Å². The van der Waals surface area contributed by atoms with Crippen molar-refractivity contribution in [1.82, 2.24) is 19.9 Å². The molecule has 4 rings (SSSR count). The van der Waals surface area contributed by atoms with Crippen LogP contribution in [0, 0.1) is 0 Å². The monoisotopic (exact) mass is 534 g/mol. The first-order chi connectivity index (χ1) is 18.3. The lowest BCUT2D eigenvalue weighted by molar-refractivity contribution is -0.126. The van der Waals surface area contributed by atoms with Crippen molar-refractivity contribution in [2.24, 2.45) is 0 Å². The molecule has 1 amide bonds. The van der Waals surface area contributed by atoms with E-state index in [4.69, 9.17) is 0 Å². The lowest BCUT2D eigenvalue weighted by Crippen LogP contribution is -2.50. The predicted molar refractivity (Wildman–Crippen MR) is 150 cm³/mol. The molecule has 0 aliphatic heterocycles. The van der Waals surface area contributed by atoms with Crippen molar-refractivity contribution < 1.29 is 13.2 Å². The van der Waals surface area contributed by atoms with E-state index in [1.165, 1.54) is 11.1 Å². The number of benzene rings is 2. The molecule has 202 valence electrons. The van der Waals surface area contributed by atoms with Crippen LogP contribution in [0.25, 0.3) is 0 Å². The summed E-state index contributed by atoms with van der Waals surface area (Å²) in [7, 11) is 0.331. The average Bonchev–Trinajstić information content (AvgIpc) is 2.92. The van der Waals surface area contributed by atoms with Crippen LogP contribution in [0.2, 0.25) is 0 Å². The Hall–Kier alpha value is -3.07. The van der Waals surface area contributed by atoms with Crippen molar-refractivity contribution in [1.29, 1.82) is 0 Å². The Labute approximate surface area is 226 Å². The average molecular weight is 535 g/mol. The Morgan fingerprint density at radius 3 is 2.53 bits per heavy atom. The van der Waals surface area contributed by atoms with Crippen LogP contribution in [0.1, 0.15) is 48.3 Å². The number of rotatable bonds is 12. The second-order valence-electron chi connectivity index (χ2n) is 10.2. The minimum Gasteiger partial charge on any atom is -0.351 e. The van der Waals surface area contributed by atoms with Crippen LogP contribution in [0.3, 0.4) is 0 Å². The molecule has 1 aliphatic carbocycles. The van der Waals surface area contributed by atoms with Gasteiger partial charge in [0.25, 0.3) is 0 Å². The first-order valence-corrected chi connectivity index (χ1v) is 14.8. The fraction of sp³-hybridized carbons (Fsp3) is 0.400. The summed E-state index contributed by atoms with van der Waals surface area (Å²) in [4.78, 5) is 20.0. The van der Waals surface area contributed by atoms with Crippen molar-refractivity contribution in [3.8, 4) is 0 Å². The molecule has 8 heteroatoms. The minimum absolute atomic E-state index is 0.0282. The topological polar surface area (TPSA) is 91.4 Å². The van der Waals surface area contributed by atoms with Gasteiger partial charge in [-0.2, -0.15) is 0 Å². The lowest BCUT2D eigenvalue weighted by Gasteiger charge is -2.36. The normalized spacial score (nSPS) is 18.1. The first-order valence-electron chi connectivity index (χ1n) is 13.3. The molecule has 0 saturated heterocycles. The van der Waals surface area contributed by atoms with Crippen LogP contribution in [-0.2, 0) is 27.7 Å². The number of carbonyl (C=O) groups is 1. The summed E-state index contributed by atoms with van der Waals surface area (Å²) >= 11 is 0. The third-order valence-electron chi connectivity index (χ3n) is 7.35. The molecule has 0 unspecified atom stereocenters. The second kappa shape index (κ2) is 13.1. The molecular weight excluding hydrogens is 496 g/mol. The Morgan fingerprint density at radius 2 is 1.79 bits per heavy atom. The Morgan fingerprint density at radius 1 is 1.03 bits per heavy atom. The quantitative estimate of drug-likeness (QED) is 0.344. The van der Waals surface area contributed by atoms with Crippen molar-refractivity contribution >= 4 is 15.9 Å². The molecule has 2 N–H and O–H groups in total. The van der Waals surface area contributed by atoms with Gasteiger partial charge in [-0.05, 0) is 81.1 Å². The van der Waals surface area contributed by atoms with Crippen molar-refractivity contribution in [3.63, 3.8) is 0 Å². The molecular formula is C30H38N4O3S. The molecule has 0 spiro atoms. The number of nitrogens with one attached hydrogen (secondary N) is 2. The Kier molecular flexibility index (Phi) is 9.66. The molecule has 1 aromatic heterocycles. The van der Waals surface area contributed by atoms with E-state index in [0.29, 0.717) is 19.4 Å². The molecule has 0 saturated carbocycles. The third-order valence-corrected chi connectivity index (χ3v) is 8.82. The number of sulfonamides is 1. The van der Waals surface area contributed by atoms with Gasteiger partial charge in [-0.3, -0.25) is 14.7 Å².